The van der Waals surface area contributed by atoms with Crippen molar-refractivity contribution in [2.75, 3.05) is 19.6 Å². The van der Waals surface area contributed by atoms with Crippen molar-refractivity contribution in [3.05, 3.63) is 82.0 Å². The highest BCUT2D eigenvalue weighted by Crippen LogP contribution is 2.27. The Bertz CT molecular complexity index is 2510. The first-order chi connectivity index (χ1) is 35.1. The number of carbonyl (C=O) groups is 8. The van der Waals surface area contributed by atoms with E-state index in [0.717, 1.165) is 17.3 Å². The minimum Gasteiger partial charge on any atom is -0.444 e. The highest BCUT2D eigenvalue weighted by molar-refractivity contribution is 5.98. The van der Waals surface area contributed by atoms with E-state index < -0.39 is 106 Å². The summed E-state index contributed by atoms with van der Waals surface area (Å²) in [5.74, 6) is -4.91. The maximum Gasteiger partial charge on any atom is 0.408 e. The van der Waals surface area contributed by atoms with Crippen molar-refractivity contribution in [2.24, 2.45) is 16.5 Å². The lowest BCUT2D eigenvalue weighted by Crippen LogP contribution is -2.60. The summed E-state index contributed by atoms with van der Waals surface area (Å²) in [7, 11) is 0. The number of nitrogens with one attached hydrogen (secondary N) is 7. The summed E-state index contributed by atoms with van der Waals surface area (Å²) in [6, 6.07) is 8.47. The number of rotatable bonds is 24. The van der Waals surface area contributed by atoms with Gasteiger partial charge in [0.2, 0.25) is 41.4 Å². The first-order valence-electron chi connectivity index (χ1n) is 25.1. The Morgan fingerprint density at radius 2 is 1.42 bits per heavy atom. The molecular weight excluding hydrogens is 959 g/mol. The summed E-state index contributed by atoms with van der Waals surface area (Å²) in [6.45, 7) is 8.63. The number of primary amides is 1. The molecule has 24 heteroatoms. The first-order valence-corrected chi connectivity index (χ1v) is 25.1. The third kappa shape index (κ3) is 16.6. The van der Waals surface area contributed by atoms with Crippen molar-refractivity contribution < 1.29 is 48.1 Å². The average molecular weight is 1030 g/mol. The molecule has 1 aromatic heterocycles. The van der Waals surface area contributed by atoms with Crippen LogP contribution in [0.5, 0.6) is 0 Å². The summed E-state index contributed by atoms with van der Waals surface area (Å²) >= 11 is 0. The lowest BCUT2D eigenvalue weighted by molar-refractivity contribution is -0.525. The van der Waals surface area contributed by atoms with Crippen molar-refractivity contribution in [1.29, 1.82) is 0 Å². The summed E-state index contributed by atoms with van der Waals surface area (Å²) in [6.07, 6.45) is 4.28. The Hall–Kier alpha value is -7.79. The fraction of sp³-hybridized carbons (Fsp3) is 0.540. The molecule has 8 amide bonds. The molecule has 2 aliphatic heterocycles. The van der Waals surface area contributed by atoms with Crippen molar-refractivity contribution in [3.8, 4) is 0 Å². The molecule has 2 saturated heterocycles. The second kappa shape index (κ2) is 26.8. The molecular formula is C50H71N13O11. The van der Waals surface area contributed by atoms with Crippen LogP contribution in [0.15, 0.2) is 65.8 Å². The number of aromatic amines is 1. The number of nitrogens with two attached hydrogens (primary N) is 2. The normalized spacial score (nSPS) is 17.8. The molecule has 0 spiro atoms. The Morgan fingerprint density at radius 3 is 2.09 bits per heavy atom. The van der Waals surface area contributed by atoms with Gasteiger partial charge in [-0.2, -0.15) is 0 Å². The van der Waals surface area contributed by atoms with Gasteiger partial charge < -0.3 is 57.6 Å². The molecule has 11 N–H and O–H groups in total. The van der Waals surface area contributed by atoms with Gasteiger partial charge in [0.15, 0.2) is 5.03 Å². The largest absolute Gasteiger partial charge is 0.444 e. The van der Waals surface area contributed by atoms with Gasteiger partial charge in [-0.25, -0.2) is 19.9 Å². The van der Waals surface area contributed by atoms with Gasteiger partial charge in [-0.15, -0.1) is 0 Å². The Balaban J connectivity index is 1.37. The fourth-order valence-corrected chi connectivity index (χ4v) is 9.01. The standard InChI is InChI=1S/C50H71N13O11/c1-6-7-19-35(41(51)64)56-45(68)39-22-14-25-61(39)47(70)40-23-15-26-62(40)46(69)38(27-31-16-9-8-10-17-31)58-44(67)37(28-32-29-54-34-20-12-11-18-33(32)34)57-42(65)30(2)55-43(66)36(59-49(71)74-50(3,4)5)21-13-24-53-48(52)60-63(72)73/h8-12,16-18,20,29-30,35-40,54H,6-7,13-15,19,21-28H2,1-5H3,(H2,51,64)(H,55,66)(H,56,68)(H,57,65)(H,58,67)(H,59,71)(H3,52,53,60)/t30-,35-,36-,37+,38-,39-,40+/m0/s1. The lowest BCUT2D eigenvalue weighted by atomic mass is 10.0. The number of benzene rings is 2. The van der Waals surface area contributed by atoms with E-state index in [2.05, 4.69) is 36.6 Å². The number of likely N-dealkylation sites (tertiary alicyclic amines) is 2. The summed E-state index contributed by atoms with van der Waals surface area (Å²) in [5, 5.41) is 24.1. The van der Waals surface area contributed by atoms with E-state index in [9.17, 15) is 48.5 Å². The van der Waals surface area contributed by atoms with Crippen molar-refractivity contribution in [1.82, 2.24) is 46.8 Å². The van der Waals surface area contributed by atoms with E-state index in [1.807, 2.05) is 31.2 Å². The third-order valence-corrected chi connectivity index (χ3v) is 12.7. The van der Waals surface area contributed by atoms with Crippen LogP contribution in [0.25, 0.3) is 10.9 Å². The minimum absolute atomic E-state index is 0.0141. The van der Waals surface area contributed by atoms with E-state index >= 15 is 0 Å². The predicted molar refractivity (Wildman–Crippen MR) is 273 cm³/mol. The number of alkyl carbamates (subject to hydrolysis) is 1. The topological polar surface area (TPSA) is 348 Å². The molecule has 7 atom stereocenters. The van der Waals surface area contributed by atoms with Crippen LogP contribution in [-0.4, -0.2) is 141 Å². The maximum atomic E-state index is 14.9. The van der Waals surface area contributed by atoms with E-state index in [1.165, 1.54) is 16.7 Å². The van der Waals surface area contributed by atoms with E-state index in [-0.39, 0.29) is 45.3 Å². The molecule has 0 saturated carbocycles. The molecule has 2 fully saturated rings. The quantitative estimate of drug-likeness (QED) is 0.0201. The number of carbonyl (C=O) groups excluding carboxylic acids is 8. The lowest BCUT2D eigenvalue weighted by Gasteiger charge is -2.33. The Morgan fingerprint density at radius 1 is 0.784 bits per heavy atom. The minimum atomic E-state index is -1.33. The molecule has 24 nitrogen and oxygen atoms in total. The smallest absolute Gasteiger partial charge is 0.408 e. The molecule has 74 heavy (non-hydrogen) atoms. The van der Waals surface area contributed by atoms with E-state index in [0.29, 0.717) is 49.7 Å². The van der Waals surface area contributed by atoms with E-state index in [4.69, 9.17) is 16.2 Å². The average Bonchev–Trinajstić information content (AvgIpc) is 4.13. The number of hydrogen-bond acceptors (Lipinski definition) is 12. The van der Waals surface area contributed by atoms with Gasteiger partial charge in [0.05, 0.1) is 0 Å². The summed E-state index contributed by atoms with van der Waals surface area (Å²) < 4.78 is 5.36. The van der Waals surface area contributed by atoms with Gasteiger partial charge in [0.25, 0.3) is 5.96 Å². The number of unbranched alkanes of at least 4 members (excludes halogenated alkanes) is 1. The van der Waals surface area contributed by atoms with Crippen LogP contribution >= 0.6 is 0 Å². The number of nitrogens with zero attached hydrogens (tertiary/aromatic N) is 4. The maximum absolute atomic E-state index is 14.9. The molecule has 2 aromatic carbocycles. The molecule has 2 aliphatic rings. The van der Waals surface area contributed by atoms with Gasteiger partial charge >= 0.3 is 6.09 Å². The number of amides is 8. The molecule has 0 aliphatic carbocycles. The number of nitro groups is 1. The van der Waals surface area contributed by atoms with Crippen LogP contribution < -0.4 is 43.5 Å². The van der Waals surface area contributed by atoms with Crippen LogP contribution in [0.4, 0.5) is 4.79 Å². The van der Waals surface area contributed by atoms with Crippen LogP contribution in [0.3, 0.4) is 0 Å². The van der Waals surface area contributed by atoms with Crippen LogP contribution in [-0.2, 0) is 51.1 Å². The van der Waals surface area contributed by atoms with Crippen molar-refractivity contribution in [2.45, 2.75) is 153 Å². The molecule has 0 radical (unpaired) electrons. The zero-order chi connectivity index (χ0) is 54.1. The van der Waals surface area contributed by atoms with Crippen LogP contribution in [0.1, 0.15) is 104 Å². The van der Waals surface area contributed by atoms with Gasteiger partial charge in [-0.3, -0.25) is 33.6 Å². The van der Waals surface area contributed by atoms with Crippen LogP contribution in [0.2, 0.25) is 0 Å². The number of hydrogen-bond donors (Lipinski definition) is 9. The van der Waals surface area contributed by atoms with Gasteiger partial charge in [-0.1, -0.05) is 73.7 Å². The molecule has 3 heterocycles. The summed E-state index contributed by atoms with van der Waals surface area (Å²) in [5.41, 5.74) is 14.0. The number of aromatic nitrogens is 1. The number of ether oxygens (including phenoxy) is 1. The first kappa shape index (κ1) is 57.1. The van der Waals surface area contributed by atoms with Crippen LogP contribution in [0, 0.1) is 10.1 Å². The predicted octanol–water partition coefficient (Wildman–Crippen LogP) is 1.34. The molecule has 3 aromatic rings. The number of para-hydroxylation sites is 1. The fourth-order valence-electron chi connectivity index (χ4n) is 9.01. The van der Waals surface area contributed by atoms with Gasteiger partial charge in [0.1, 0.15) is 47.9 Å². The highest BCUT2D eigenvalue weighted by atomic mass is 16.7. The number of guanidine groups is 1. The number of H-pyrrole nitrogens is 1. The number of hydrazine groups is 1. The SMILES string of the molecule is CCCC[C@H](NC(=O)[C@@H]1CCCN1C(=O)[C@H]1CCCN1C(=O)[C@H](Cc1ccccc1)NC(=O)[C@@H](Cc1c[nH]c2ccccc12)NC(=O)[C@H](C)NC(=O)[C@H](CCCN=C(N)N[N+](=O)[O-])NC(=O)OC(C)(C)C)C(N)=O. The van der Waals surface area contributed by atoms with E-state index in [1.54, 1.807) is 62.7 Å². The second-order valence-corrected chi connectivity index (χ2v) is 19.6. The van der Waals surface area contributed by atoms with Gasteiger partial charge in [0, 0.05) is 49.6 Å². The zero-order valence-corrected chi connectivity index (χ0v) is 42.6. The Labute approximate surface area is 429 Å². The summed E-state index contributed by atoms with van der Waals surface area (Å²) in [4.78, 5) is 131. The molecule has 0 unspecified atom stereocenters. The third-order valence-electron chi connectivity index (χ3n) is 12.7. The number of fused-ring (bicyclic) bond motifs is 1. The molecule has 402 valence electrons. The molecule has 0 bridgehead atoms. The van der Waals surface area contributed by atoms with Crippen molar-refractivity contribution >= 4 is 64.3 Å². The zero-order valence-electron chi connectivity index (χ0n) is 42.6. The second-order valence-electron chi connectivity index (χ2n) is 19.6. The number of aliphatic imine (C=N–C) groups is 1. The monoisotopic (exact) mass is 1030 g/mol. The highest BCUT2D eigenvalue weighted by Gasteiger charge is 2.44. The Kier molecular flexibility index (Phi) is 20.7. The van der Waals surface area contributed by atoms with Crippen molar-refractivity contribution in [3.63, 3.8) is 0 Å². The molecule has 5 rings (SSSR count). The van der Waals surface area contributed by atoms with Gasteiger partial charge in [-0.05, 0) is 89.8 Å².